The Morgan fingerprint density at radius 3 is 2.54 bits per heavy atom. The van der Waals surface area contributed by atoms with Crippen LogP contribution in [0.4, 0.5) is 0 Å². The highest BCUT2D eigenvalue weighted by molar-refractivity contribution is 5.93. The smallest absolute Gasteiger partial charge is 0.339 e. The Labute approximate surface area is 165 Å². The third-order valence-electron chi connectivity index (χ3n) is 4.59. The summed E-state index contributed by atoms with van der Waals surface area (Å²) in [5, 5.41) is 29.6. The molecule has 2 aromatic rings. The average molecular weight is 384 g/mol. The Kier molecular flexibility index (Phi) is 7.10. The second-order valence-electron chi connectivity index (χ2n) is 7.41. The van der Waals surface area contributed by atoms with Crippen molar-refractivity contribution in [3.05, 3.63) is 63.6 Å². The van der Waals surface area contributed by atoms with Gasteiger partial charge in [0.15, 0.2) is 0 Å². The van der Waals surface area contributed by atoms with E-state index in [2.05, 4.69) is 0 Å². The summed E-state index contributed by atoms with van der Waals surface area (Å²) in [7, 11) is 0. The number of carboxylic acid groups (broad SMARTS) is 1. The topological polar surface area (TPSA) is 90.9 Å². The van der Waals surface area contributed by atoms with E-state index in [9.17, 15) is 20.1 Å². The Morgan fingerprint density at radius 1 is 1.18 bits per heavy atom. The number of benzene rings is 1. The lowest BCUT2D eigenvalue weighted by Gasteiger charge is -2.11. The van der Waals surface area contributed by atoms with Crippen LogP contribution < -0.4 is 0 Å². The summed E-state index contributed by atoms with van der Waals surface area (Å²) < 4.78 is 5.51. The summed E-state index contributed by atoms with van der Waals surface area (Å²) in [6, 6.07) is 3.42. The van der Waals surface area contributed by atoms with Crippen molar-refractivity contribution < 1.29 is 24.5 Å². The van der Waals surface area contributed by atoms with E-state index < -0.39 is 5.97 Å². The molecule has 0 saturated carbocycles. The largest absolute Gasteiger partial charge is 0.508 e. The van der Waals surface area contributed by atoms with Gasteiger partial charge in [-0.3, -0.25) is 0 Å². The normalized spacial score (nSPS) is 11.5. The maximum absolute atomic E-state index is 11.3. The highest BCUT2D eigenvalue weighted by Gasteiger charge is 2.19. The van der Waals surface area contributed by atoms with Crippen LogP contribution in [0.25, 0.3) is 6.08 Å². The maximum Gasteiger partial charge on any atom is 0.339 e. The molecule has 0 saturated heterocycles. The van der Waals surface area contributed by atoms with Crippen LogP contribution in [0, 0.1) is 6.92 Å². The fourth-order valence-electron chi connectivity index (χ4n) is 3.13. The van der Waals surface area contributed by atoms with Crippen molar-refractivity contribution in [2.75, 3.05) is 0 Å². The summed E-state index contributed by atoms with van der Waals surface area (Å²) in [6.07, 6.45) is 8.69. The fraction of sp³-hybridized carbons (Fsp3) is 0.348. The third-order valence-corrected chi connectivity index (χ3v) is 4.59. The van der Waals surface area contributed by atoms with Crippen LogP contribution in [0.3, 0.4) is 0 Å². The van der Waals surface area contributed by atoms with E-state index in [0.29, 0.717) is 5.56 Å². The van der Waals surface area contributed by atoms with Crippen LogP contribution in [0.15, 0.2) is 40.0 Å². The number of hydrogen-bond donors (Lipinski definition) is 3. The van der Waals surface area contributed by atoms with E-state index in [-0.39, 0.29) is 29.0 Å². The molecule has 5 heteroatoms. The second-order valence-corrected chi connectivity index (χ2v) is 7.41. The van der Waals surface area contributed by atoms with Gasteiger partial charge in [-0.05, 0) is 82.7 Å². The van der Waals surface area contributed by atoms with Gasteiger partial charge in [-0.1, -0.05) is 17.2 Å². The first-order valence-corrected chi connectivity index (χ1v) is 9.34. The Balaban J connectivity index is 1.98. The monoisotopic (exact) mass is 384 g/mol. The van der Waals surface area contributed by atoms with Gasteiger partial charge in [0.05, 0.1) is 6.26 Å². The van der Waals surface area contributed by atoms with Crippen molar-refractivity contribution in [2.45, 2.75) is 53.4 Å². The molecular formula is C23H28O5. The highest BCUT2D eigenvalue weighted by Crippen LogP contribution is 2.34. The van der Waals surface area contributed by atoms with Crippen molar-refractivity contribution in [1.82, 2.24) is 0 Å². The summed E-state index contributed by atoms with van der Waals surface area (Å²) in [6.45, 7) is 7.59. The SMILES string of the molecule is CC(C)=Cc1cc(CCC/C(C)=C/Cc2c(O)cc(C)c(C(=O)O)c2O)co1. The Hall–Kier alpha value is -2.95. The molecule has 0 aliphatic rings. The van der Waals surface area contributed by atoms with Gasteiger partial charge in [0, 0.05) is 5.56 Å². The molecule has 3 N–H and O–H groups in total. The Bertz CT molecular complexity index is 911. The maximum atomic E-state index is 11.3. The number of allylic oxidation sites excluding steroid dienone is 3. The number of aryl methyl sites for hydroxylation is 2. The number of phenolic OH excluding ortho intramolecular Hbond substituents is 1. The molecule has 0 radical (unpaired) electrons. The van der Waals surface area contributed by atoms with E-state index in [4.69, 9.17) is 4.42 Å². The molecule has 0 unspecified atom stereocenters. The quantitative estimate of drug-likeness (QED) is 0.513. The minimum atomic E-state index is -1.20. The molecule has 1 heterocycles. The first kappa shape index (κ1) is 21.4. The average Bonchev–Trinajstić information content (AvgIpc) is 3.00. The van der Waals surface area contributed by atoms with Gasteiger partial charge in [-0.25, -0.2) is 4.79 Å². The summed E-state index contributed by atoms with van der Waals surface area (Å²) in [4.78, 5) is 11.3. The molecule has 0 spiro atoms. The van der Waals surface area contributed by atoms with Crippen LogP contribution in [0.2, 0.25) is 0 Å². The minimum absolute atomic E-state index is 0.0887. The standard InChI is InChI=1S/C23H28O5/c1-14(2)10-18-12-17(13-28-18)7-5-6-15(3)8-9-19-20(24)11-16(4)21(22(19)25)23(26)27/h8,10-13,24-25H,5-7,9H2,1-4H3,(H,26,27)/b15-8+. The van der Waals surface area contributed by atoms with Gasteiger partial charge >= 0.3 is 5.97 Å². The molecule has 1 aromatic carbocycles. The van der Waals surface area contributed by atoms with Crippen molar-refractivity contribution in [3.63, 3.8) is 0 Å². The lowest BCUT2D eigenvalue weighted by Crippen LogP contribution is -2.02. The molecular weight excluding hydrogens is 356 g/mol. The summed E-state index contributed by atoms with van der Waals surface area (Å²) in [5.41, 5.74) is 3.87. The van der Waals surface area contributed by atoms with Crippen molar-refractivity contribution in [2.24, 2.45) is 0 Å². The molecule has 150 valence electrons. The fourth-order valence-corrected chi connectivity index (χ4v) is 3.13. The number of aromatic carboxylic acids is 1. The van der Waals surface area contributed by atoms with Crippen LogP contribution in [-0.2, 0) is 12.8 Å². The number of rotatable bonds is 8. The minimum Gasteiger partial charge on any atom is -0.508 e. The summed E-state index contributed by atoms with van der Waals surface area (Å²) in [5.74, 6) is -0.792. The lowest BCUT2D eigenvalue weighted by atomic mass is 9.98. The number of aromatic hydroxyl groups is 2. The zero-order valence-corrected chi connectivity index (χ0v) is 16.9. The van der Waals surface area contributed by atoms with Gasteiger partial charge in [0.25, 0.3) is 0 Å². The molecule has 5 nitrogen and oxygen atoms in total. The van der Waals surface area contributed by atoms with E-state index in [1.165, 1.54) is 11.6 Å². The number of carbonyl (C=O) groups is 1. The van der Waals surface area contributed by atoms with Crippen molar-refractivity contribution in [3.8, 4) is 11.5 Å². The number of phenols is 2. The Morgan fingerprint density at radius 2 is 1.89 bits per heavy atom. The second kappa shape index (κ2) is 9.31. The van der Waals surface area contributed by atoms with E-state index in [1.54, 1.807) is 13.2 Å². The third kappa shape index (κ3) is 5.52. The first-order chi connectivity index (χ1) is 13.2. The van der Waals surface area contributed by atoms with E-state index >= 15 is 0 Å². The first-order valence-electron chi connectivity index (χ1n) is 9.34. The van der Waals surface area contributed by atoms with Crippen molar-refractivity contribution in [1.29, 1.82) is 0 Å². The zero-order valence-electron chi connectivity index (χ0n) is 16.9. The number of carboxylic acids is 1. The number of furan rings is 1. The number of hydrogen-bond acceptors (Lipinski definition) is 4. The van der Waals surface area contributed by atoms with Crippen LogP contribution in [-0.4, -0.2) is 21.3 Å². The molecule has 0 aliphatic heterocycles. The predicted octanol–water partition coefficient (Wildman–Crippen LogP) is 5.63. The van der Waals surface area contributed by atoms with Gasteiger partial charge in [-0.15, -0.1) is 0 Å². The molecule has 1 aromatic heterocycles. The molecule has 0 bridgehead atoms. The van der Waals surface area contributed by atoms with E-state index in [1.807, 2.05) is 39.0 Å². The van der Waals surface area contributed by atoms with Gasteiger partial charge in [-0.2, -0.15) is 0 Å². The van der Waals surface area contributed by atoms with Gasteiger partial charge < -0.3 is 19.7 Å². The van der Waals surface area contributed by atoms with Crippen LogP contribution in [0.5, 0.6) is 11.5 Å². The molecule has 0 fully saturated rings. The molecule has 0 aliphatic carbocycles. The molecule has 0 atom stereocenters. The summed E-state index contributed by atoms with van der Waals surface area (Å²) >= 11 is 0. The van der Waals surface area contributed by atoms with Crippen LogP contribution >= 0.6 is 0 Å². The molecule has 2 rings (SSSR count). The van der Waals surface area contributed by atoms with Crippen molar-refractivity contribution >= 4 is 12.0 Å². The molecule has 28 heavy (non-hydrogen) atoms. The highest BCUT2D eigenvalue weighted by atomic mass is 16.4. The lowest BCUT2D eigenvalue weighted by molar-refractivity contribution is 0.0692. The predicted molar refractivity (Wildman–Crippen MR) is 110 cm³/mol. The van der Waals surface area contributed by atoms with Gasteiger partial charge in [0.1, 0.15) is 22.8 Å². The zero-order chi connectivity index (χ0) is 20.8. The van der Waals surface area contributed by atoms with Crippen LogP contribution in [0.1, 0.15) is 66.4 Å². The molecule has 0 amide bonds. The van der Waals surface area contributed by atoms with Gasteiger partial charge in [0.2, 0.25) is 0 Å². The van der Waals surface area contributed by atoms with E-state index in [0.717, 1.165) is 36.2 Å².